The van der Waals surface area contributed by atoms with Gasteiger partial charge in [-0.05, 0) is 30.0 Å². The molecule has 3 aromatic heterocycles. The number of nitrogen functional groups attached to an aromatic ring is 1. The third kappa shape index (κ3) is 7.74. The lowest BCUT2D eigenvalue weighted by Gasteiger charge is -2.29. The number of ether oxygens (including phenoxy) is 3. The van der Waals surface area contributed by atoms with E-state index in [2.05, 4.69) is 24.9 Å². The Morgan fingerprint density at radius 1 is 1.13 bits per heavy atom. The van der Waals surface area contributed by atoms with Gasteiger partial charge in [-0.2, -0.15) is 18.2 Å². The van der Waals surface area contributed by atoms with Crippen LogP contribution in [0, 0.1) is 5.92 Å². The Morgan fingerprint density at radius 3 is 2.63 bits per heavy atom. The number of hydrogen-bond acceptors (Lipinski definition) is 15. The number of alkyl halides is 3. The highest BCUT2D eigenvalue weighted by molar-refractivity contribution is 8.07. The molecule has 1 aliphatic carbocycles. The molecule has 2 unspecified atom stereocenters. The van der Waals surface area contributed by atoms with Crippen LogP contribution in [0.3, 0.4) is 0 Å². The van der Waals surface area contributed by atoms with Crippen LogP contribution < -0.4 is 16.0 Å². The first-order valence-electron chi connectivity index (χ1n) is 13.5. The van der Waals surface area contributed by atoms with Crippen molar-refractivity contribution < 1.29 is 55.3 Å². The first-order valence-corrected chi connectivity index (χ1v) is 18.6. The molecule has 17 nitrogen and oxygen atoms in total. The maximum absolute atomic E-state index is 13.3. The van der Waals surface area contributed by atoms with Crippen LogP contribution in [0.2, 0.25) is 0 Å². The molecular weight excluding hydrogens is 705 g/mol. The van der Waals surface area contributed by atoms with Gasteiger partial charge in [0.1, 0.15) is 37.4 Å². The number of anilines is 1. The van der Waals surface area contributed by atoms with Crippen LogP contribution in [0.25, 0.3) is 11.2 Å². The van der Waals surface area contributed by atoms with Gasteiger partial charge in [0.15, 0.2) is 17.4 Å². The minimum absolute atomic E-state index is 0.122. The highest BCUT2D eigenvalue weighted by Gasteiger charge is 2.52. The number of halogens is 3. The smallest absolute Gasteiger partial charge is 0.411 e. The average molecular weight is 732 g/mol. The predicted octanol–water partition coefficient (Wildman–Crippen LogP) is 1.45. The summed E-state index contributed by atoms with van der Waals surface area (Å²) in [5, 5.41) is 0. The van der Waals surface area contributed by atoms with Crippen molar-refractivity contribution in [2.45, 2.75) is 55.8 Å². The second-order valence-electron chi connectivity index (χ2n) is 10.5. The molecule has 9 atom stereocenters. The molecule has 3 aliphatic rings. The fourth-order valence-electron chi connectivity index (χ4n) is 5.40. The van der Waals surface area contributed by atoms with Crippen molar-refractivity contribution in [3.63, 3.8) is 0 Å². The van der Waals surface area contributed by atoms with Crippen molar-refractivity contribution in [1.82, 2.24) is 29.5 Å². The lowest BCUT2D eigenvalue weighted by atomic mass is 10.1. The monoisotopic (exact) mass is 731 g/mol. The predicted molar refractivity (Wildman–Crippen MR) is 156 cm³/mol. The van der Waals surface area contributed by atoms with Crippen LogP contribution in [-0.4, -0.2) is 95.8 Å². The van der Waals surface area contributed by atoms with Crippen LogP contribution in [-0.2, 0) is 51.2 Å². The van der Waals surface area contributed by atoms with Crippen LogP contribution >= 0.6 is 13.4 Å². The lowest BCUT2D eigenvalue weighted by molar-refractivity contribution is -0.196. The topological polar surface area (TPSA) is 220 Å². The van der Waals surface area contributed by atoms with Crippen molar-refractivity contribution in [2.75, 3.05) is 25.6 Å². The van der Waals surface area contributed by atoms with Crippen molar-refractivity contribution in [1.29, 1.82) is 0 Å². The summed E-state index contributed by atoms with van der Waals surface area (Å²) in [5.41, 5.74) is 4.70. The van der Waals surface area contributed by atoms with E-state index >= 15 is 0 Å². The molecule has 0 aromatic carbocycles. The number of imidazole rings is 1. The summed E-state index contributed by atoms with van der Waals surface area (Å²) in [6, 6.07) is 1.56. The number of rotatable bonds is 5. The Labute approximate surface area is 267 Å². The summed E-state index contributed by atoms with van der Waals surface area (Å²) in [5.74, 6) is -0.551. The number of nitrogens with zero attached hydrogens (tertiary/aromatic N) is 5. The number of nitrogens with two attached hydrogens (primary N) is 1. The van der Waals surface area contributed by atoms with Crippen LogP contribution in [0.5, 0.6) is 5.88 Å². The Morgan fingerprint density at radius 2 is 1.89 bits per heavy atom. The molecule has 24 heteroatoms. The fraction of sp³-hybridized carbons (Fsp3) is 0.591. The molecule has 0 spiro atoms. The highest BCUT2D eigenvalue weighted by atomic mass is 32.5. The Hall–Kier alpha value is -2.20. The van der Waals surface area contributed by atoms with Gasteiger partial charge >= 0.3 is 19.6 Å². The van der Waals surface area contributed by atoms with Gasteiger partial charge in [0.2, 0.25) is 11.8 Å². The molecule has 2 aliphatic heterocycles. The summed E-state index contributed by atoms with van der Waals surface area (Å²) in [4.78, 5) is 52.8. The van der Waals surface area contributed by atoms with E-state index in [0.717, 1.165) is 10.9 Å². The molecule has 1 saturated carbocycles. The zero-order valence-corrected chi connectivity index (χ0v) is 26.6. The van der Waals surface area contributed by atoms with E-state index in [1.54, 1.807) is 6.07 Å². The van der Waals surface area contributed by atoms with Crippen molar-refractivity contribution in [3.05, 3.63) is 35.3 Å². The number of nitrogens with one attached hydrogen (secondary N) is 1. The largest absolute Gasteiger partial charge is 0.474 e. The van der Waals surface area contributed by atoms with Crippen molar-refractivity contribution >= 4 is 54.2 Å². The first-order chi connectivity index (χ1) is 21.7. The molecule has 0 radical (unpaired) electrons. The maximum atomic E-state index is 13.3. The summed E-state index contributed by atoms with van der Waals surface area (Å²) in [6.07, 6.45) is -7.78. The summed E-state index contributed by atoms with van der Waals surface area (Å²) in [6.45, 7) is -11.0. The number of hydrogen-bond donors (Lipinski definition) is 4. The first kappa shape index (κ1) is 33.7. The third-order valence-corrected chi connectivity index (χ3v) is 10.4. The zero-order chi connectivity index (χ0) is 32.9. The summed E-state index contributed by atoms with van der Waals surface area (Å²) in [7, 11) is 0. The minimum Gasteiger partial charge on any atom is -0.474 e. The van der Waals surface area contributed by atoms with E-state index in [4.69, 9.17) is 61.7 Å². The fourth-order valence-corrected chi connectivity index (χ4v) is 8.36. The lowest BCUT2D eigenvalue weighted by Crippen LogP contribution is -2.40. The van der Waals surface area contributed by atoms with Gasteiger partial charge in [-0.25, -0.2) is 15.0 Å². The number of H-pyrrole nitrogens is 1. The van der Waals surface area contributed by atoms with Crippen molar-refractivity contribution in [3.8, 4) is 5.88 Å². The molecule has 2 bridgehead atoms. The van der Waals surface area contributed by atoms with E-state index in [9.17, 15) is 27.8 Å². The molecule has 46 heavy (non-hydrogen) atoms. The van der Waals surface area contributed by atoms with Gasteiger partial charge in [-0.15, -0.1) is 0 Å². The Kier molecular flexibility index (Phi) is 9.53. The quantitative estimate of drug-likeness (QED) is 0.273. The van der Waals surface area contributed by atoms with Gasteiger partial charge in [-0.1, -0.05) is 0 Å². The maximum Gasteiger partial charge on any atom is 0.411 e. The van der Waals surface area contributed by atoms with Gasteiger partial charge in [-0.3, -0.25) is 18.9 Å². The van der Waals surface area contributed by atoms with Crippen LogP contribution in [0.4, 0.5) is 19.1 Å². The average Bonchev–Trinajstić information content (AvgIpc) is 3.64. The number of aromatic amines is 1. The molecule has 3 aromatic rings. The Bertz CT molecular complexity index is 1720. The summed E-state index contributed by atoms with van der Waals surface area (Å²) >= 11 is 10.5. The molecule has 5 heterocycles. The number of fused-ring (bicyclic) bond motifs is 4. The zero-order valence-electron chi connectivity index (χ0n) is 23.2. The second-order valence-corrected chi connectivity index (χ2v) is 16.1. The van der Waals surface area contributed by atoms with E-state index in [1.165, 1.54) is 12.5 Å². The normalized spacial score (nSPS) is 35.6. The van der Waals surface area contributed by atoms with Crippen LogP contribution in [0.15, 0.2) is 29.7 Å². The highest BCUT2D eigenvalue weighted by Crippen LogP contribution is 2.54. The van der Waals surface area contributed by atoms with Gasteiger partial charge < -0.3 is 43.3 Å². The molecule has 5 N–H and O–H groups in total. The van der Waals surface area contributed by atoms with Gasteiger partial charge in [0.25, 0.3) is 5.56 Å². The SMILES string of the molecule is Nc1nc2c(ncn2[C@@H]2O[C@@H]3COP(O)(=S)O[C@H]4C[C@H](Oc5ccncn5)C[C@@H]4COP(O)(=S)O[C@@H]2[C@@H]3OCC(F)(F)F)c(=O)[nH]1. The van der Waals surface area contributed by atoms with Crippen LogP contribution in [0.1, 0.15) is 19.1 Å². The van der Waals surface area contributed by atoms with Crippen molar-refractivity contribution in [2.24, 2.45) is 5.92 Å². The molecular formula is C22H26F3N7O10P2S2. The standard InChI is InChI=1S/C22H26F3N7O10P2S2/c23-22(24,25)7-36-16-13-6-38-43(34,45)41-12-4-11(39-14-1-2-27-8-28-14)3-10(12)5-37-44(35,46)42-17(16)20(40-13)32-9-29-15-18(32)30-21(26)31-19(15)33/h1-2,8-13,16-17,20H,3-7H2,(H,34,45)(H,35,46)(H3,26,30,31,33)/t10-,11-,12+,13-,16-,17-,20-,43?,44?/m1/s1. The van der Waals surface area contributed by atoms with E-state index in [1.807, 2.05) is 0 Å². The molecule has 6 rings (SSSR count). The molecule has 0 amide bonds. The van der Waals surface area contributed by atoms with E-state index in [-0.39, 0.29) is 36.6 Å². The molecule has 2 saturated heterocycles. The third-order valence-electron chi connectivity index (χ3n) is 7.26. The Balaban J connectivity index is 1.32. The van der Waals surface area contributed by atoms with E-state index < -0.39 is 81.1 Å². The second kappa shape index (κ2) is 13.0. The molecule has 3 fully saturated rings. The van der Waals surface area contributed by atoms with Gasteiger partial charge in [0, 0.05) is 24.6 Å². The van der Waals surface area contributed by atoms with E-state index in [0.29, 0.717) is 5.88 Å². The molecule has 252 valence electrons. The van der Waals surface area contributed by atoms with Gasteiger partial charge in [0.05, 0.1) is 25.6 Å². The minimum atomic E-state index is -4.78. The number of aromatic nitrogens is 6. The summed E-state index contributed by atoms with van der Waals surface area (Å²) < 4.78 is 81.1.